The molecule has 2 aromatic rings. The monoisotopic (exact) mass is 286 g/mol. The van der Waals surface area contributed by atoms with Crippen molar-refractivity contribution in [3.63, 3.8) is 0 Å². The van der Waals surface area contributed by atoms with Gasteiger partial charge in [0.05, 0.1) is 5.56 Å². The Morgan fingerprint density at radius 2 is 1.71 bits per heavy atom. The lowest BCUT2D eigenvalue weighted by atomic mass is 10.2. The van der Waals surface area contributed by atoms with Gasteiger partial charge in [-0.25, -0.2) is 14.8 Å². The normalized spacial score (nSPS) is 10.2. The van der Waals surface area contributed by atoms with Crippen molar-refractivity contribution in [2.75, 3.05) is 23.3 Å². The minimum Gasteiger partial charge on any atom is -0.478 e. The van der Waals surface area contributed by atoms with E-state index >= 15 is 0 Å². The summed E-state index contributed by atoms with van der Waals surface area (Å²) < 4.78 is 0. The quantitative estimate of drug-likeness (QED) is 0.850. The van der Waals surface area contributed by atoms with Crippen LogP contribution in [-0.2, 0) is 0 Å². The van der Waals surface area contributed by atoms with Crippen molar-refractivity contribution in [1.82, 2.24) is 9.97 Å². The predicted octanol–water partition coefficient (Wildman–Crippen LogP) is 2.76. The number of hydrogen-bond donors (Lipinski definition) is 2. The lowest BCUT2D eigenvalue weighted by Crippen LogP contribution is -2.21. The Labute approximate surface area is 123 Å². The second-order valence-corrected chi connectivity index (χ2v) is 4.44. The van der Waals surface area contributed by atoms with Crippen LogP contribution in [0, 0.1) is 0 Å². The Hall–Kier alpha value is -2.63. The van der Waals surface area contributed by atoms with E-state index in [-0.39, 0.29) is 5.56 Å². The molecule has 0 aliphatic carbocycles. The number of nitrogens with zero attached hydrogens (tertiary/aromatic N) is 3. The maximum Gasteiger partial charge on any atom is 0.338 e. The van der Waals surface area contributed by atoms with E-state index in [0.717, 1.165) is 24.5 Å². The zero-order valence-electron chi connectivity index (χ0n) is 12.1. The fraction of sp³-hybridized carbons (Fsp3) is 0.267. The second-order valence-electron chi connectivity index (χ2n) is 4.44. The Morgan fingerprint density at radius 1 is 1.14 bits per heavy atom. The lowest BCUT2D eigenvalue weighted by Gasteiger charge is -2.21. The third-order valence-corrected chi connectivity index (χ3v) is 3.15. The van der Waals surface area contributed by atoms with E-state index in [2.05, 4.69) is 34.0 Å². The van der Waals surface area contributed by atoms with E-state index < -0.39 is 5.97 Å². The van der Waals surface area contributed by atoms with Gasteiger partial charge in [0.15, 0.2) is 0 Å². The molecule has 2 rings (SSSR count). The van der Waals surface area contributed by atoms with Crippen LogP contribution < -0.4 is 10.2 Å². The highest BCUT2D eigenvalue weighted by Gasteiger charge is 2.05. The average molecular weight is 286 g/mol. The number of benzene rings is 1. The maximum absolute atomic E-state index is 10.7. The maximum atomic E-state index is 10.7. The van der Waals surface area contributed by atoms with Gasteiger partial charge in [-0.05, 0) is 38.1 Å². The molecule has 0 bridgehead atoms. The fourth-order valence-electron chi connectivity index (χ4n) is 1.98. The van der Waals surface area contributed by atoms with Gasteiger partial charge in [0, 0.05) is 36.9 Å². The summed E-state index contributed by atoms with van der Waals surface area (Å²) in [7, 11) is 0. The number of nitrogens with one attached hydrogen (secondary N) is 1. The molecule has 21 heavy (non-hydrogen) atoms. The van der Waals surface area contributed by atoms with Crippen molar-refractivity contribution in [2.45, 2.75) is 13.8 Å². The van der Waals surface area contributed by atoms with E-state index in [4.69, 9.17) is 5.11 Å². The van der Waals surface area contributed by atoms with E-state index in [1.807, 2.05) is 24.3 Å². The highest BCUT2D eigenvalue weighted by molar-refractivity contribution is 5.86. The summed E-state index contributed by atoms with van der Waals surface area (Å²) in [5.41, 5.74) is 2.08. The van der Waals surface area contributed by atoms with Crippen molar-refractivity contribution in [1.29, 1.82) is 0 Å². The number of carbonyl (C=O) groups is 1. The smallest absolute Gasteiger partial charge is 0.338 e. The summed E-state index contributed by atoms with van der Waals surface area (Å²) in [6.45, 7) is 6.16. The molecule has 0 atom stereocenters. The molecule has 0 fully saturated rings. The number of rotatable bonds is 6. The Morgan fingerprint density at radius 3 is 2.19 bits per heavy atom. The van der Waals surface area contributed by atoms with Crippen molar-refractivity contribution < 1.29 is 9.90 Å². The highest BCUT2D eigenvalue weighted by Crippen LogP contribution is 2.19. The van der Waals surface area contributed by atoms with Gasteiger partial charge in [-0.2, -0.15) is 0 Å². The third kappa shape index (κ3) is 3.68. The summed E-state index contributed by atoms with van der Waals surface area (Å²) in [5, 5.41) is 11.8. The zero-order chi connectivity index (χ0) is 15.2. The first kappa shape index (κ1) is 14.8. The first-order chi connectivity index (χ1) is 10.1. The lowest BCUT2D eigenvalue weighted by molar-refractivity contribution is 0.0696. The van der Waals surface area contributed by atoms with Gasteiger partial charge < -0.3 is 15.3 Å². The van der Waals surface area contributed by atoms with Crippen molar-refractivity contribution in [2.24, 2.45) is 0 Å². The van der Waals surface area contributed by atoms with Gasteiger partial charge in [0.25, 0.3) is 0 Å². The zero-order valence-corrected chi connectivity index (χ0v) is 12.1. The molecule has 1 aromatic heterocycles. The molecule has 1 heterocycles. The van der Waals surface area contributed by atoms with Crippen LogP contribution in [0.25, 0.3) is 0 Å². The summed E-state index contributed by atoms with van der Waals surface area (Å²) in [4.78, 5) is 20.9. The Kier molecular flexibility index (Phi) is 4.71. The Balaban J connectivity index is 2.07. The molecule has 6 nitrogen and oxygen atoms in total. The molecule has 0 saturated carbocycles. The number of carboxylic acids is 1. The molecule has 6 heteroatoms. The molecule has 110 valence electrons. The second kappa shape index (κ2) is 6.69. The number of hydrogen-bond acceptors (Lipinski definition) is 5. The molecule has 0 aliphatic rings. The molecular weight excluding hydrogens is 268 g/mol. The van der Waals surface area contributed by atoms with Crippen LogP contribution in [0.1, 0.15) is 24.2 Å². The van der Waals surface area contributed by atoms with Gasteiger partial charge in [-0.15, -0.1) is 0 Å². The first-order valence-corrected chi connectivity index (χ1v) is 6.81. The molecule has 0 saturated heterocycles. The van der Waals surface area contributed by atoms with Gasteiger partial charge in [-0.3, -0.25) is 0 Å². The number of anilines is 3. The molecule has 2 N–H and O–H groups in total. The predicted molar refractivity (Wildman–Crippen MR) is 82.3 cm³/mol. The molecule has 0 unspecified atom stereocenters. The third-order valence-electron chi connectivity index (χ3n) is 3.15. The molecule has 0 aliphatic heterocycles. The van der Waals surface area contributed by atoms with Crippen LogP contribution in [0.3, 0.4) is 0 Å². The van der Waals surface area contributed by atoms with E-state index in [1.54, 1.807) is 0 Å². The van der Waals surface area contributed by atoms with Crippen LogP contribution in [0.5, 0.6) is 0 Å². The van der Waals surface area contributed by atoms with Crippen molar-refractivity contribution in [3.8, 4) is 0 Å². The summed E-state index contributed by atoms with van der Waals surface area (Å²) in [6.07, 6.45) is 2.56. The van der Waals surface area contributed by atoms with Crippen LogP contribution in [0.2, 0.25) is 0 Å². The highest BCUT2D eigenvalue weighted by atomic mass is 16.4. The van der Waals surface area contributed by atoms with Crippen LogP contribution in [-0.4, -0.2) is 34.1 Å². The van der Waals surface area contributed by atoms with Gasteiger partial charge in [0.1, 0.15) is 0 Å². The van der Waals surface area contributed by atoms with Crippen LogP contribution in [0.4, 0.5) is 17.3 Å². The van der Waals surface area contributed by atoms with Crippen molar-refractivity contribution >= 4 is 23.3 Å². The summed E-state index contributed by atoms with van der Waals surface area (Å²) in [5.74, 6) is -0.666. The minimum absolute atomic E-state index is 0.0671. The van der Waals surface area contributed by atoms with Gasteiger partial charge in [0.2, 0.25) is 5.95 Å². The number of aromatic nitrogens is 2. The molecule has 0 spiro atoms. The van der Waals surface area contributed by atoms with Crippen molar-refractivity contribution in [3.05, 3.63) is 42.2 Å². The molecule has 0 amide bonds. The summed E-state index contributed by atoms with van der Waals surface area (Å²) >= 11 is 0. The first-order valence-electron chi connectivity index (χ1n) is 6.81. The molecule has 1 aromatic carbocycles. The number of aromatic carboxylic acids is 1. The Bertz CT molecular complexity index is 592. The minimum atomic E-state index is -1.04. The summed E-state index contributed by atoms with van der Waals surface area (Å²) in [6, 6.07) is 7.95. The largest absolute Gasteiger partial charge is 0.478 e. The SMILES string of the molecule is CCN(CC)c1ccc(Nc2ncc(C(=O)O)cn2)cc1. The molecular formula is C15H18N4O2. The molecule has 0 radical (unpaired) electrons. The van der Waals surface area contributed by atoms with Gasteiger partial charge >= 0.3 is 5.97 Å². The van der Waals surface area contributed by atoms with E-state index in [0.29, 0.717) is 5.95 Å². The van der Waals surface area contributed by atoms with E-state index in [9.17, 15) is 4.79 Å². The van der Waals surface area contributed by atoms with Gasteiger partial charge in [-0.1, -0.05) is 0 Å². The van der Waals surface area contributed by atoms with Crippen LogP contribution >= 0.6 is 0 Å². The fourth-order valence-corrected chi connectivity index (χ4v) is 1.98. The average Bonchev–Trinajstić information content (AvgIpc) is 2.51. The topological polar surface area (TPSA) is 78.4 Å². The van der Waals surface area contributed by atoms with Crippen LogP contribution in [0.15, 0.2) is 36.7 Å². The van der Waals surface area contributed by atoms with E-state index in [1.165, 1.54) is 12.4 Å². The number of carboxylic acid groups (broad SMARTS) is 1. The standard InChI is InChI=1S/C15H18N4O2/c1-3-19(4-2)13-7-5-12(6-8-13)18-15-16-9-11(10-17-15)14(20)21/h5-10H,3-4H2,1-2H3,(H,20,21)(H,16,17,18).